The number of nitro groups is 1. The van der Waals surface area contributed by atoms with Crippen molar-refractivity contribution in [1.29, 1.82) is 5.26 Å². The Morgan fingerprint density at radius 2 is 2.09 bits per heavy atom. The number of nitro benzene ring substituents is 1. The molecule has 0 aliphatic carbocycles. The van der Waals surface area contributed by atoms with E-state index in [1.807, 2.05) is 13.8 Å². The van der Waals surface area contributed by atoms with E-state index in [9.17, 15) is 14.9 Å². The maximum Gasteiger partial charge on any atom is 0.369 e. The molecule has 1 rings (SSSR count). The van der Waals surface area contributed by atoms with Crippen molar-refractivity contribution in [3.8, 4) is 6.07 Å². The zero-order valence-electron chi connectivity index (χ0n) is 12.3. The van der Waals surface area contributed by atoms with Gasteiger partial charge in [0.15, 0.2) is 0 Å². The van der Waals surface area contributed by atoms with E-state index in [-0.39, 0.29) is 12.3 Å². The van der Waals surface area contributed by atoms with Gasteiger partial charge in [-0.3, -0.25) is 15.5 Å². The lowest BCUT2D eigenvalue weighted by Gasteiger charge is -2.05. The third-order valence-corrected chi connectivity index (χ3v) is 2.60. The van der Waals surface area contributed by atoms with E-state index in [0.717, 1.165) is 0 Å². The molecule has 0 spiro atoms. The summed E-state index contributed by atoms with van der Waals surface area (Å²) in [4.78, 5) is 21.6. The first-order valence-electron chi connectivity index (χ1n) is 6.59. The van der Waals surface area contributed by atoms with Gasteiger partial charge in [0.2, 0.25) is 5.71 Å². The molecule has 22 heavy (non-hydrogen) atoms. The normalized spacial score (nSPS) is 10.9. The molecule has 0 aliphatic heterocycles. The molecule has 0 aromatic heterocycles. The average Bonchev–Trinajstić information content (AvgIpc) is 2.48. The second kappa shape index (κ2) is 8.36. The van der Waals surface area contributed by atoms with Crippen LogP contribution in [0, 0.1) is 27.4 Å². The van der Waals surface area contributed by atoms with Gasteiger partial charge in [0.1, 0.15) is 6.07 Å². The second-order valence-electron chi connectivity index (χ2n) is 4.81. The van der Waals surface area contributed by atoms with Crippen molar-refractivity contribution in [2.24, 2.45) is 11.0 Å². The van der Waals surface area contributed by atoms with Crippen LogP contribution in [0.5, 0.6) is 0 Å². The van der Waals surface area contributed by atoms with Gasteiger partial charge in [0.05, 0.1) is 17.2 Å². The zero-order valence-corrected chi connectivity index (χ0v) is 12.3. The van der Waals surface area contributed by atoms with E-state index in [2.05, 4.69) is 10.5 Å². The van der Waals surface area contributed by atoms with Crippen LogP contribution < -0.4 is 5.43 Å². The molecule has 0 atom stereocenters. The lowest BCUT2D eigenvalue weighted by molar-refractivity contribution is -0.384. The van der Waals surface area contributed by atoms with Crippen LogP contribution in [0.3, 0.4) is 0 Å². The SMILES string of the molecule is CC(C)CCOC(=O)/C(C#N)=N\Nc1ccc([N+](=O)[O-])cc1. The Kier molecular flexibility index (Phi) is 6.50. The topological polar surface area (TPSA) is 118 Å². The quantitative estimate of drug-likeness (QED) is 0.358. The Morgan fingerprint density at radius 3 is 2.59 bits per heavy atom. The van der Waals surface area contributed by atoms with Crippen molar-refractivity contribution in [2.45, 2.75) is 20.3 Å². The first-order valence-corrected chi connectivity index (χ1v) is 6.59. The van der Waals surface area contributed by atoms with Gasteiger partial charge < -0.3 is 4.74 Å². The van der Waals surface area contributed by atoms with Gasteiger partial charge in [-0.25, -0.2) is 4.79 Å². The number of benzene rings is 1. The van der Waals surface area contributed by atoms with Crippen LogP contribution in [-0.2, 0) is 9.53 Å². The number of nitrogens with zero attached hydrogens (tertiary/aromatic N) is 3. The van der Waals surface area contributed by atoms with Gasteiger partial charge in [0, 0.05) is 12.1 Å². The molecule has 1 N–H and O–H groups in total. The standard InChI is InChI=1S/C14H16N4O4/c1-10(2)7-8-22-14(19)13(9-15)17-16-11-3-5-12(6-4-11)18(20)21/h3-6,10,16H,7-8H2,1-2H3/b17-13-. The highest BCUT2D eigenvalue weighted by Crippen LogP contribution is 2.15. The van der Waals surface area contributed by atoms with Crippen molar-refractivity contribution < 1.29 is 14.5 Å². The van der Waals surface area contributed by atoms with Crippen molar-refractivity contribution in [3.63, 3.8) is 0 Å². The van der Waals surface area contributed by atoms with Crippen LogP contribution in [-0.4, -0.2) is 23.2 Å². The van der Waals surface area contributed by atoms with Gasteiger partial charge in [-0.1, -0.05) is 13.8 Å². The Hall–Kier alpha value is -2.95. The molecule has 0 bridgehead atoms. The predicted molar refractivity (Wildman–Crippen MR) is 80.2 cm³/mol. The van der Waals surface area contributed by atoms with Crippen LogP contribution in [0.25, 0.3) is 0 Å². The van der Waals surface area contributed by atoms with E-state index >= 15 is 0 Å². The first kappa shape index (κ1) is 17.1. The molecule has 1 aromatic carbocycles. The summed E-state index contributed by atoms with van der Waals surface area (Å²) in [5.74, 6) is -0.425. The van der Waals surface area contributed by atoms with Crippen LogP contribution in [0.4, 0.5) is 11.4 Å². The van der Waals surface area contributed by atoms with Gasteiger partial charge in [-0.15, -0.1) is 0 Å². The molecule has 0 amide bonds. The zero-order chi connectivity index (χ0) is 16.5. The summed E-state index contributed by atoms with van der Waals surface area (Å²) >= 11 is 0. The fourth-order valence-corrected chi connectivity index (χ4v) is 1.35. The van der Waals surface area contributed by atoms with E-state index in [4.69, 9.17) is 10.00 Å². The van der Waals surface area contributed by atoms with E-state index in [1.165, 1.54) is 24.3 Å². The summed E-state index contributed by atoms with van der Waals surface area (Å²) in [6, 6.07) is 7.04. The van der Waals surface area contributed by atoms with Crippen LogP contribution in [0.2, 0.25) is 0 Å². The van der Waals surface area contributed by atoms with Crippen molar-refractivity contribution in [1.82, 2.24) is 0 Å². The Labute approximate surface area is 127 Å². The van der Waals surface area contributed by atoms with Gasteiger partial charge >= 0.3 is 5.97 Å². The lowest BCUT2D eigenvalue weighted by atomic mass is 10.1. The molecular weight excluding hydrogens is 288 g/mol. The van der Waals surface area contributed by atoms with Gasteiger partial charge in [0.25, 0.3) is 5.69 Å². The summed E-state index contributed by atoms with van der Waals surface area (Å²) < 4.78 is 4.92. The lowest BCUT2D eigenvalue weighted by Crippen LogP contribution is -2.18. The number of esters is 1. The minimum absolute atomic E-state index is 0.0665. The first-order chi connectivity index (χ1) is 10.4. The van der Waals surface area contributed by atoms with Gasteiger partial charge in [-0.2, -0.15) is 10.4 Å². The summed E-state index contributed by atoms with van der Waals surface area (Å²) in [6.07, 6.45) is 0.695. The molecule has 116 valence electrons. The van der Waals surface area contributed by atoms with Crippen molar-refractivity contribution in [3.05, 3.63) is 34.4 Å². The molecule has 0 unspecified atom stereocenters. The maximum atomic E-state index is 11.6. The number of hydrazone groups is 1. The predicted octanol–water partition coefficient (Wildman–Crippen LogP) is 2.48. The second-order valence-corrected chi connectivity index (χ2v) is 4.81. The number of non-ortho nitro benzene ring substituents is 1. The monoisotopic (exact) mass is 304 g/mol. The number of ether oxygens (including phenoxy) is 1. The highest BCUT2D eigenvalue weighted by molar-refractivity contribution is 6.43. The smallest absolute Gasteiger partial charge is 0.369 e. The van der Waals surface area contributed by atoms with E-state index in [0.29, 0.717) is 18.0 Å². The molecular formula is C14H16N4O4. The van der Waals surface area contributed by atoms with Crippen molar-refractivity contribution in [2.75, 3.05) is 12.0 Å². The molecule has 0 saturated heterocycles. The highest BCUT2D eigenvalue weighted by Gasteiger charge is 2.13. The molecule has 1 aromatic rings. The molecule has 0 radical (unpaired) electrons. The Morgan fingerprint density at radius 1 is 1.45 bits per heavy atom. The van der Waals surface area contributed by atoms with Crippen molar-refractivity contribution >= 4 is 23.1 Å². The third-order valence-electron chi connectivity index (χ3n) is 2.60. The molecule has 0 saturated carbocycles. The number of hydrogen-bond donors (Lipinski definition) is 1. The average molecular weight is 304 g/mol. The van der Waals surface area contributed by atoms with Crippen LogP contribution in [0.1, 0.15) is 20.3 Å². The Balaban J connectivity index is 2.63. The summed E-state index contributed by atoms with van der Waals surface area (Å²) in [5.41, 5.74) is 2.41. The van der Waals surface area contributed by atoms with Crippen LogP contribution in [0.15, 0.2) is 29.4 Å². The molecule has 8 nitrogen and oxygen atoms in total. The molecule has 0 fully saturated rings. The summed E-state index contributed by atoms with van der Waals surface area (Å²) in [7, 11) is 0. The summed E-state index contributed by atoms with van der Waals surface area (Å²) in [5, 5.41) is 23.1. The number of carbonyl (C=O) groups is 1. The number of hydrogen-bond acceptors (Lipinski definition) is 7. The highest BCUT2D eigenvalue weighted by atomic mass is 16.6. The number of nitriles is 1. The van der Waals surface area contributed by atoms with E-state index < -0.39 is 16.6 Å². The fourth-order valence-electron chi connectivity index (χ4n) is 1.35. The fraction of sp³-hybridized carbons (Fsp3) is 0.357. The Bertz CT molecular complexity index is 602. The maximum absolute atomic E-state index is 11.6. The number of carbonyl (C=O) groups excluding carboxylic acids is 1. The number of rotatable bonds is 7. The third kappa shape index (κ3) is 5.58. The minimum Gasteiger partial charge on any atom is -0.460 e. The molecule has 0 heterocycles. The van der Waals surface area contributed by atoms with Crippen LogP contribution >= 0.6 is 0 Å². The number of anilines is 1. The molecule has 0 aliphatic rings. The molecule has 8 heteroatoms. The minimum atomic E-state index is -0.808. The summed E-state index contributed by atoms with van der Waals surface area (Å²) in [6.45, 7) is 4.20. The number of nitrogens with one attached hydrogen (secondary N) is 1. The largest absolute Gasteiger partial charge is 0.460 e. The van der Waals surface area contributed by atoms with E-state index in [1.54, 1.807) is 6.07 Å². The van der Waals surface area contributed by atoms with Gasteiger partial charge in [-0.05, 0) is 24.5 Å².